The minimum atomic E-state index is -3.38. The number of rotatable bonds is 5. The molecule has 1 aliphatic carbocycles. The van der Waals surface area contributed by atoms with Crippen molar-refractivity contribution in [1.82, 2.24) is 18.5 Å². The second-order valence-electron chi connectivity index (χ2n) is 7.47. The highest BCUT2D eigenvalue weighted by molar-refractivity contribution is 7.86. The molecule has 1 aliphatic heterocycles. The van der Waals surface area contributed by atoms with Gasteiger partial charge < -0.3 is 0 Å². The van der Waals surface area contributed by atoms with Crippen LogP contribution in [-0.2, 0) is 16.6 Å². The molecule has 0 unspecified atom stereocenters. The summed E-state index contributed by atoms with van der Waals surface area (Å²) in [7, 11) is -0.148. The largest absolute Gasteiger partial charge is 0.299 e. The molecule has 3 rings (SSSR count). The van der Waals surface area contributed by atoms with Gasteiger partial charge in [-0.25, -0.2) is 0 Å². The van der Waals surface area contributed by atoms with Crippen molar-refractivity contribution in [2.75, 3.05) is 40.3 Å². The van der Waals surface area contributed by atoms with Gasteiger partial charge in [0, 0.05) is 58.2 Å². The van der Waals surface area contributed by atoms with Crippen LogP contribution >= 0.6 is 0 Å². The standard InChI is InChI=1S/C18H30N4O2S/c1-20(2)25(23,24)22-12-11-21(18-8-3-4-9-18)14-16(15-22)13-17-7-5-6-10-19-17/h5-7,10,16,18H,3-4,8-9,11-15H2,1-2H3/t16-/m1/s1. The van der Waals surface area contributed by atoms with Crippen LogP contribution in [0.25, 0.3) is 0 Å². The molecule has 25 heavy (non-hydrogen) atoms. The Labute approximate surface area is 152 Å². The molecule has 0 amide bonds. The molecule has 2 heterocycles. The maximum Gasteiger partial charge on any atom is 0.281 e. The van der Waals surface area contributed by atoms with Gasteiger partial charge in [-0.05, 0) is 37.3 Å². The average molecular weight is 367 g/mol. The number of pyridine rings is 1. The predicted molar refractivity (Wildman–Crippen MR) is 99.4 cm³/mol. The summed E-state index contributed by atoms with van der Waals surface area (Å²) in [6, 6.07) is 6.58. The Bertz CT molecular complexity index is 644. The van der Waals surface area contributed by atoms with Crippen molar-refractivity contribution in [2.24, 2.45) is 5.92 Å². The third-order valence-electron chi connectivity index (χ3n) is 5.44. The third-order valence-corrected chi connectivity index (χ3v) is 7.35. The Balaban J connectivity index is 1.78. The van der Waals surface area contributed by atoms with Gasteiger partial charge in [-0.3, -0.25) is 9.88 Å². The van der Waals surface area contributed by atoms with Gasteiger partial charge >= 0.3 is 0 Å². The molecule has 1 atom stereocenters. The van der Waals surface area contributed by atoms with E-state index in [0.29, 0.717) is 19.1 Å². The summed E-state index contributed by atoms with van der Waals surface area (Å²) in [6.45, 7) is 2.94. The predicted octanol–water partition coefficient (Wildman–Crippen LogP) is 1.61. The molecule has 0 aromatic carbocycles. The van der Waals surface area contributed by atoms with Crippen molar-refractivity contribution in [2.45, 2.75) is 38.1 Å². The summed E-state index contributed by atoms with van der Waals surface area (Å²) in [6.07, 6.45) is 7.73. The maximum atomic E-state index is 12.7. The van der Waals surface area contributed by atoms with Crippen molar-refractivity contribution in [3.05, 3.63) is 30.1 Å². The smallest absolute Gasteiger partial charge is 0.281 e. The van der Waals surface area contributed by atoms with Gasteiger partial charge in [-0.15, -0.1) is 0 Å². The van der Waals surface area contributed by atoms with E-state index in [1.807, 2.05) is 24.4 Å². The van der Waals surface area contributed by atoms with Crippen molar-refractivity contribution >= 4 is 10.2 Å². The topological polar surface area (TPSA) is 56.8 Å². The second kappa shape index (κ2) is 8.12. The summed E-state index contributed by atoms with van der Waals surface area (Å²) in [5.41, 5.74) is 1.04. The normalized spacial score (nSPS) is 24.7. The highest BCUT2D eigenvalue weighted by atomic mass is 32.2. The monoisotopic (exact) mass is 366 g/mol. The fraction of sp³-hybridized carbons (Fsp3) is 0.722. The highest BCUT2D eigenvalue weighted by Gasteiger charge is 2.34. The van der Waals surface area contributed by atoms with Gasteiger partial charge in [0.2, 0.25) is 0 Å². The van der Waals surface area contributed by atoms with Crippen LogP contribution in [0, 0.1) is 5.92 Å². The first-order valence-corrected chi connectivity index (χ1v) is 10.7. The second-order valence-corrected chi connectivity index (χ2v) is 9.61. The Morgan fingerprint density at radius 2 is 1.92 bits per heavy atom. The lowest BCUT2D eigenvalue weighted by Gasteiger charge is -2.29. The molecule has 2 aliphatic rings. The molecule has 2 fully saturated rings. The van der Waals surface area contributed by atoms with Crippen LogP contribution in [0.4, 0.5) is 0 Å². The fourth-order valence-corrected chi connectivity index (χ4v) is 5.26. The molecule has 0 spiro atoms. The van der Waals surface area contributed by atoms with E-state index in [1.165, 1.54) is 30.0 Å². The average Bonchev–Trinajstić information content (AvgIpc) is 3.04. The lowest BCUT2D eigenvalue weighted by atomic mass is 10.0. The van der Waals surface area contributed by atoms with E-state index in [9.17, 15) is 8.42 Å². The molecule has 0 bridgehead atoms. The van der Waals surface area contributed by atoms with Crippen LogP contribution in [-0.4, -0.2) is 73.2 Å². The fourth-order valence-electron chi connectivity index (χ4n) is 4.09. The molecule has 1 saturated heterocycles. The molecule has 1 aromatic rings. The van der Waals surface area contributed by atoms with Crippen molar-refractivity contribution in [1.29, 1.82) is 0 Å². The van der Waals surface area contributed by atoms with Gasteiger partial charge in [-0.1, -0.05) is 18.9 Å². The van der Waals surface area contributed by atoms with Crippen LogP contribution < -0.4 is 0 Å². The lowest BCUT2D eigenvalue weighted by molar-refractivity contribution is 0.187. The zero-order valence-electron chi connectivity index (χ0n) is 15.3. The van der Waals surface area contributed by atoms with E-state index < -0.39 is 10.2 Å². The Hall–Kier alpha value is -1.02. The van der Waals surface area contributed by atoms with E-state index in [0.717, 1.165) is 25.2 Å². The van der Waals surface area contributed by atoms with E-state index in [1.54, 1.807) is 18.4 Å². The Kier molecular flexibility index (Phi) is 6.09. The van der Waals surface area contributed by atoms with Gasteiger partial charge in [0.05, 0.1) is 0 Å². The summed E-state index contributed by atoms with van der Waals surface area (Å²) in [5.74, 6) is 0.271. The SMILES string of the molecule is CN(C)S(=O)(=O)N1CCN(C2CCCC2)C[C@@H](Cc2ccccn2)C1. The van der Waals surface area contributed by atoms with Crippen molar-refractivity contribution in [3.63, 3.8) is 0 Å². The van der Waals surface area contributed by atoms with Crippen LogP contribution in [0.3, 0.4) is 0 Å². The van der Waals surface area contributed by atoms with Gasteiger partial charge in [0.25, 0.3) is 10.2 Å². The highest BCUT2D eigenvalue weighted by Crippen LogP contribution is 2.27. The first-order chi connectivity index (χ1) is 12.0. The van der Waals surface area contributed by atoms with Crippen LogP contribution in [0.1, 0.15) is 31.4 Å². The van der Waals surface area contributed by atoms with E-state index in [2.05, 4.69) is 9.88 Å². The maximum absolute atomic E-state index is 12.7. The van der Waals surface area contributed by atoms with Gasteiger partial charge in [-0.2, -0.15) is 17.0 Å². The lowest BCUT2D eigenvalue weighted by Crippen LogP contribution is -2.43. The zero-order valence-corrected chi connectivity index (χ0v) is 16.2. The molecular formula is C18H30N4O2S. The minimum absolute atomic E-state index is 0.271. The number of aromatic nitrogens is 1. The molecule has 140 valence electrons. The molecule has 0 radical (unpaired) electrons. The summed E-state index contributed by atoms with van der Waals surface area (Å²) >= 11 is 0. The van der Waals surface area contributed by atoms with E-state index >= 15 is 0 Å². The summed E-state index contributed by atoms with van der Waals surface area (Å²) in [5, 5.41) is 0. The van der Waals surface area contributed by atoms with E-state index in [4.69, 9.17) is 0 Å². The first kappa shape index (κ1) is 18.8. The van der Waals surface area contributed by atoms with E-state index in [-0.39, 0.29) is 5.92 Å². The van der Waals surface area contributed by atoms with Crippen molar-refractivity contribution < 1.29 is 8.42 Å². The van der Waals surface area contributed by atoms with Crippen molar-refractivity contribution in [3.8, 4) is 0 Å². The minimum Gasteiger partial charge on any atom is -0.299 e. The zero-order chi connectivity index (χ0) is 17.9. The van der Waals surface area contributed by atoms with Gasteiger partial charge in [0.15, 0.2) is 0 Å². The van der Waals surface area contributed by atoms with Crippen LogP contribution in [0.15, 0.2) is 24.4 Å². The first-order valence-electron chi connectivity index (χ1n) is 9.28. The Morgan fingerprint density at radius 1 is 1.16 bits per heavy atom. The third kappa shape index (κ3) is 4.58. The quantitative estimate of drug-likeness (QED) is 0.794. The molecule has 1 aromatic heterocycles. The molecule has 0 N–H and O–H groups in total. The number of hydrogen-bond donors (Lipinski definition) is 0. The molecule has 1 saturated carbocycles. The molecule has 6 nitrogen and oxygen atoms in total. The summed E-state index contributed by atoms with van der Waals surface area (Å²) < 4.78 is 28.4. The Morgan fingerprint density at radius 3 is 2.56 bits per heavy atom. The molecule has 7 heteroatoms. The number of hydrogen-bond acceptors (Lipinski definition) is 4. The number of nitrogens with zero attached hydrogens (tertiary/aromatic N) is 4. The van der Waals surface area contributed by atoms with Crippen LogP contribution in [0.2, 0.25) is 0 Å². The summed E-state index contributed by atoms with van der Waals surface area (Å²) in [4.78, 5) is 6.98. The van der Waals surface area contributed by atoms with Crippen LogP contribution in [0.5, 0.6) is 0 Å². The van der Waals surface area contributed by atoms with Gasteiger partial charge in [0.1, 0.15) is 0 Å². The molecular weight excluding hydrogens is 336 g/mol.